The normalized spacial score (nSPS) is 14.8. The molecule has 3 aromatic heterocycles. The second kappa shape index (κ2) is 9.87. The molecule has 1 aliphatic rings. The summed E-state index contributed by atoms with van der Waals surface area (Å²) in [5, 5.41) is 16.4. The van der Waals surface area contributed by atoms with Crippen molar-refractivity contribution in [1.82, 2.24) is 19.8 Å². The third-order valence-corrected chi connectivity index (χ3v) is 7.56. The van der Waals surface area contributed by atoms with E-state index >= 15 is 0 Å². The highest BCUT2D eigenvalue weighted by Crippen LogP contribution is 2.33. The topological polar surface area (TPSA) is 105 Å². The average Bonchev–Trinajstić information content (AvgIpc) is 3.51. The molecule has 1 aromatic carbocycles. The van der Waals surface area contributed by atoms with E-state index in [2.05, 4.69) is 26.2 Å². The summed E-state index contributed by atoms with van der Waals surface area (Å²) in [6.07, 6.45) is 0. The summed E-state index contributed by atoms with van der Waals surface area (Å²) in [7, 11) is 0. The zero-order chi connectivity index (χ0) is 23.5. The summed E-state index contributed by atoms with van der Waals surface area (Å²) in [5.41, 5.74) is 2.10. The number of hydrogen-bond acceptors (Lipinski definition) is 8. The van der Waals surface area contributed by atoms with Gasteiger partial charge in [0, 0.05) is 47.7 Å². The first-order valence-electron chi connectivity index (χ1n) is 10.9. The number of rotatable bonds is 6. The van der Waals surface area contributed by atoms with E-state index in [9.17, 15) is 9.59 Å². The van der Waals surface area contributed by atoms with Crippen molar-refractivity contribution >= 4 is 44.5 Å². The molecule has 4 heterocycles. The molecule has 2 N–H and O–H groups in total. The van der Waals surface area contributed by atoms with E-state index in [0.717, 1.165) is 41.5 Å². The van der Waals surface area contributed by atoms with E-state index in [1.54, 1.807) is 35.6 Å². The van der Waals surface area contributed by atoms with Crippen molar-refractivity contribution in [3.63, 3.8) is 0 Å². The Morgan fingerprint density at radius 1 is 1.12 bits per heavy atom. The molecule has 0 aliphatic carbocycles. The molecule has 0 saturated carbocycles. The third-order valence-electron chi connectivity index (χ3n) is 5.78. The smallest absolute Gasteiger partial charge is 0.260 e. The summed E-state index contributed by atoms with van der Waals surface area (Å²) >= 11 is 3.12. The highest BCUT2D eigenvalue weighted by Gasteiger charge is 2.21. The third kappa shape index (κ3) is 4.93. The van der Waals surface area contributed by atoms with Gasteiger partial charge in [0.25, 0.3) is 5.56 Å². The second-order valence-electron chi connectivity index (χ2n) is 8.11. The minimum atomic E-state index is -0.0947. The van der Waals surface area contributed by atoms with Gasteiger partial charge >= 0.3 is 0 Å². The SMILES string of the molecule is N#Cc1ccc(NC(=O)CN2CCN(Cc3nc4scc(-c5cccs5)c4c(=O)[nH]3)CC2)cc1. The first-order chi connectivity index (χ1) is 16.6. The highest BCUT2D eigenvalue weighted by molar-refractivity contribution is 7.18. The highest BCUT2D eigenvalue weighted by atomic mass is 32.1. The molecule has 1 amide bonds. The van der Waals surface area contributed by atoms with Crippen molar-refractivity contribution in [2.45, 2.75) is 6.54 Å². The molecule has 1 saturated heterocycles. The van der Waals surface area contributed by atoms with Gasteiger partial charge in [-0.3, -0.25) is 19.4 Å². The molecule has 1 fully saturated rings. The Morgan fingerprint density at radius 3 is 2.59 bits per heavy atom. The number of nitrogens with one attached hydrogen (secondary N) is 2. The van der Waals surface area contributed by atoms with Crippen LogP contribution in [0, 0.1) is 11.3 Å². The van der Waals surface area contributed by atoms with Crippen LogP contribution in [-0.2, 0) is 11.3 Å². The lowest BCUT2D eigenvalue weighted by atomic mass is 10.2. The molecule has 0 radical (unpaired) electrons. The number of benzene rings is 1. The minimum absolute atomic E-state index is 0.0751. The van der Waals surface area contributed by atoms with E-state index in [-0.39, 0.29) is 11.5 Å². The Hall–Kier alpha value is -3.36. The average molecular weight is 491 g/mol. The van der Waals surface area contributed by atoms with Crippen LogP contribution in [0.25, 0.3) is 20.7 Å². The van der Waals surface area contributed by atoms with Gasteiger partial charge in [-0.2, -0.15) is 5.26 Å². The van der Waals surface area contributed by atoms with Gasteiger partial charge in [-0.05, 0) is 35.7 Å². The maximum absolute atomic E-state index is 12.8. The molecule has 0 bridgehead atoms. The number of hydrogen-bond donors (Lipinski definition) is 2. The standard InChI is InChI=1S/C24H22N6O2S2/c25-12-16-3-5-17(6-4-16)26-21(31)14-30-9-7-29(8-10-30)13-20-27-23(32)22-18(15-34-24(22)28-20)19-2-1-11-33-19/h1-6,11,15H,7-10,13-14H2,(H,26,31)(H,27,28,32). The Bertz CT molecular complexity index is 1390. The van der Waals surface area contributed by atoms with Crippen LogP contribution >= 0.6 is 22.7 Å². The van der Waals surface area contributed by atoms with E-state index in [1.807, 2.05) is 22.9 Å². The van der Waals surface area contributed by atoms with Crippen LogP contribution in [-0.4, -0.2) is 58.4 Å². The van der Waals surface area contributed by atoms with Gasteiger partial charge in [-0.1, -0.05) is 6.07 Å². The van der Waals surface area contributed by atoms with Gasteiger partial charge < -0.3 is 10.3 Å². The summed E-state index contributed by atoms with van der Waals surface area (Å²) in [5.74, 6) is 0.595. The molecule has 0 unspecified atom stereocenters. The van der Waals surface area contributed by atoms with Crippen molar-refractivity contribution in [2.75, 3.05) is 38.0 Å². The summed E-state index contributed by atoms with van der Waals surface area (Å²) in [4.78, 5) is 39.1. The fraction of sp³-hybridized carbons (Fsp3) is 0.250. The molecule has 172 valence electrons. The first kappa shape index (κ1) is 22.4. The number of anilines is 1. The predicted molar refractivity (Wildman–Crippen MR) is 135 cm³/mol. The molecule has 34 heavy (non-hydrogen) atoms. The summed E-state index contributed by atoms with van der Waals surface area (Å²) < 4.78 is 0. The summed E-state index contributed by atoms with van der Waals surface area (Å²) in [6.45, 7) is 3.98. The largest absolute Gasteiger partial charge is 0.325 e. The molecule has 5 rings (SSSR count). The molecule has 10 heteroatoms. The van der Waals surface area contributed by atoms with Crippen LogP contribution in [0.2, 0.25) is 0 Å². The van der Waals surface area contributed by atoms with Gasteiger partial charge in [0.15, 0.2) is 0 Å². The van der Waals surface area contributed by atoms with E-state index in [0.29, 0.717) is 35.6 Å². The number of aromatic nitrogens is 2. The maximum Gasteiger partial charge on any atom is 0.260 e. The van der Waals surface area contributed by atoms with Gasteiger partial charge in [0.1, 0.15) is 10.7 Å². The number of carbonyl (C=O) groups is 1. The zero-order valence-corrected chi connectivity index (χ0v) is 19.9. The Kier molecular flexibility index (Phi) is 6.51. The number of H-pyrrole nitrogens is 1. The van der Waals surface area contributed by atoms with Gasteiger partial charge in [-0.15, -0.1) is 22.7 Å². The molecule has 1 aliphatic heterocycles. The van der Waals surface area contributed by atoms with Gasteiger partial charge in [-0.25, -0.2) is 4.98 Å². The number of aromatic amines is 1. The predicted octanol–water partition coefficient (Wildman–Crippen LogP) is 3.34. The molecule has 4 aromatic rings. The number of nitrogens with zero attached hydrogens (tertiary/aromatic N) is 4. The van der Waals surface area contributed by atoms with Crippen molar-refractivity contribution < 1.29 is 4.79 Å². The number of carbonyl (C=O) groups excluding carboxylic acids is 1. The fourth-order valence-electron chi connectivity index (χ4n) is 4.03. The van der Waals surface area contributed by atoms with Crippen LogP contribution in [0.3, 0.4) is 0 Å². The van der Waals surface area contributed by atoms with Crippen molar-refractivity contribution in [3.05, 3.63) is 68.9 Å². The molecular formula is C24H22N6O2S2. The lowest BCUT2D eigenvalue weighted by Crippen LogP contribution is -2.48. The molecule has 0 atom stereocenters. The number of nitriles is 1. The molecule has 8 nitrogen and oxygen atoms in total. The van der Waals surface area contributed by atoms with Crippen LogP contribution in [0.15, 0.2) is 52.0 Å². The quantitative estimate of drug-likeness (QED) is 0.430. The van der Waals surface area contributed by atoms with E-state index < -0.39 is 0 Å². The fourth-order valence-corrected chi connectivity index (χ4v) is 5.81. The maximum atomic E-state index is 12.8. The van der Waals surface area contributed by atoms with E-state index in [4.69, 9.17) is 10.2 Å². The molecule has 0 spiro atoms. The summed E-state index contributed by atoms with van der Waals surface area (Å²) in [6, 6.07) is 12.9. The van der Waals surface area contributed by atoms with Crippen LogP contribution in [0.1, 0.15) is 11.4 Å². The van der Waals surface area contributed by atoms with Gasteiger partial charge in [0.2, 0.25) is 5.91 Å². The number of thiophene rings is 2. The Morgan fingerprint density at radius 2 is 1.88 bits per heavy atom. The van der Waals surface area contributed by atoms with Crippen molar-refractivity contribution in [3.8, 4) is 16.5 Å². The van der Waals surface area contributed by atoms with Crippen LogP contribution in [0.4, 0.5) is 5.69 Å². The zero-order valence-electron chi connectivity index (χ0n) is 18.3. The van der Waals surface area contributed by atoms with Gasteiger partial charge in [0.05, 0.1) is 30.1 Å². The van der Waals surface area contributed by atoms with Crippen molar-refractivity contribution in [1.29, 1.82) is 5.26 Å². The number of amides is 1. The first-order valence-corrected chi connectivity index (χ1v) is 12.6. The minimum Gasteiger partial charge on any atom is -0.325 e. The van der Waals surface area contributed by atoms with E-state index in [1.165, 1.54) is 11.3 Å². The number of fused-ring (bicyclic) bond motifs is 1. The Labute approximate surface area is 204 Å². The van der Waals surface area contributed by atoms with Crippen molar-refractivity contribution in [2.24, 2.45) is 0 Å². The lowest BCUT2D eigenvalue weighted by molar-refractivity contribution is -0.117. The lowest BCUT2D eigenvalue weighted by Gasteiger charge is -2.33. The molecular weight excluding hydrogens is 468 g/mol. The number of piperazine rings is 1. The second-order valence-corrected chi connectivity index (χ2v) is 9.91. The van der Waals surface area contributed by atoms with Crippen LogP contribution < -0.4 is 10.9 Å². The monoisotopic (exact) mass is 490 g/mol. The van der Waals surface area contributed by atoms with Crippen LogP contribution in [0.5, 0.6) is 0 Å². The Balaban J connectivity index is 1.16.